The molecule has 168 valence electrons. The zero-order valence-electron chi connectivity index (χ0n) is 16.7. The lowest BCUT2D eigenvalue weighted by Crippen LogP contribution is -2.24. The number of anilines is 1. The van der Waals surface area contributed by atoms with Gasteiger partial charge in [-0.25, -0.2) is 13.1 Å². The molecule has 0 bridgehead atoms. The second kappa shape index (κ2) is 9.32. The van der Waals surface area contributed by atoms with Gasteiger partial charge < -0.3 is 5.32 Å². The van der Waals surface area contributed by atoms with E-state index >= 15 is 0 Å². The van der Waals surface area contributed by atoms with Crippen LogP contribution in [0.15, 0.2) is 71.6 Å². The molecule has 1 amide bonds. The topological polar surface area (TPSA) is 75.3 Å². The number of sulfonamides is 1. The molecule has 2 N–H and O–H groups in total. The fraction of sp³-hybridized carbons (Fsp3) is 0.136. The summed E-state index contributed by atoms with van der Waals surface area (Å²) < 4.78 is 66.5. The van der Waals surface area contributed by atoms with Crippen molar-refractivity contribution in [3.05, 3.63) is 94.0 Å². The molecule has 0 radical (unpaired) electrons. The highest BCUT2D eigenvalue weighted by Crippen LogP contribution is 2.31. The van der Waals surface area contributed by atoms with Crippen LogP contribution in [-0.4, -0.2) is 14.3 Å². The highest BCUT2D eigenvalue weighted by Gasteiger charge is 2.30. The molecule has 0 aliphatic carbocycles. The van der Waals surface area contributed by atoms with Crippen molar-refractivity contribution in [2.45, 2.75) is 24.5 Å². The van der Waals surface area contributed by atoms with Gasteiger partial charge >= 0.3 is 6.18 Å². The van der Waals surface area contributed by atoms with Crippen molar-refractivity contribution >= 4 is 33.2 Å². The Morgan fingerprint density at radius 3 is 2.34 bits per heavy atom. The molecule has 3 aromatic rings. The Hall–Kier alpha value is -2.88. The van der Waals surface area contributed by atoms with Crippen molar-refractivity contribution in [3.63, 3.8) is 0 Å². The zero-order chi connectivity index (χ0) is 23.5. The lowest BCUT2D eigenvalue weighted by molar-refractivity contribution is -0.137. The fourth-order valence-corrected chi connectivity index (χ4v) is 4.02. The van der Waals surface area contributed by atoms with Crippen LogP contribution >= 0.6 is 11.6 Å². The third-order valence-corrected chi connectivity index (χ3v) is 6.24. The average molecular weight is 483 g/mol. The highest BCUT2D eigenvalue weighted by molar-refractivity contribution is 7.89. The van der Waals surface area contributed by atoms with Crippen molar-refractivity contribution in [2.24, 2.45) is 0 Å². The highest BCUT2D eigenvalue weighted by atomic mass is 35.5. The fourth-order valence-electron chi connectivity index (χ4n) is 2.85. The van der Waals surface area contributed by atoms with Crippen LogP contribution in [0.5, 0.6) is 0 Å². The van der Waals surface area contributed by atoms with E-state index in [2.05, 4.69) is 10.0 Å². The van der Waals surface area contributed by atoms with Crippen LogP contribution in [0.2, 0.25) is 5.02 Å². The van der Waals surface area contributed by atoms with Crippen molar-refractivity contribution in [3.8, 4) is 0 Å². The molecular formula is C22H18ClF3N2O3S. The van der Waals surface area contributed by atoms with Crippen LogP contribution in [0.25, 0.3) is 0 Å². The van der Waals surface area contributed by atoms with Gasteiger partial charge in [0.25, 0.3) is 5.91 Å². The Morgan fingerprint density at radius 2 is 1.69 bits per heavy atom. The van der Waals surface area contributed by atoms with E-state index in [1.165, 1.54) is 30.3 Å². The number of carbonyl (C=O) groups is 1. The number of aryl methyl sites for hydroxylation is 1. The minimum Gasteiger partial charge on any atom is -0.322 e. The van der Waals surface area contributed by atoms with Gasteiger partial charge in [0.05, 0.1) is 10.5 Å². The van der Waals surface area contributed by atoms with Gasteiger partial charge in [0.2, 0.25) is 10.0 Å². The molecule has 5 nitrogen and oxygen atoms in total. The van der Waals surface area contributed by atoms with Crippen LogP contribution in [0.3, 0.4) is 0 Å². The van der Waals surface area contributed by atoms with Crippen molar-refractivity contribution in [2.75, 3.05) is 5.32 Å². The number of carbonyl (C=O) groups excluding carboxylic acids is 1. The largest absolute Gasteiger partial charge is 0.416 e. The molecule has 0 atom stereocenters. The Balaban J connectivity index is 1.80. The number of rotatable bonds is 6. The summed E-state index contributed by atoms with van der Waals surface area (Å²) in [6.45, 7) is 1.61. The van der Waals surface area contributed by atoms with Crippen molar-refractivity contribution in [1.82, 2.24) is 4.72 Å². The Labute approximate surface area is 188 Å². The van der Waals surface area contributed by atoms with E-state index in [0.29, 0.717) is 16.1 Å². The maximum absolute atomic E-state index is 12.9. The molecule has 0 unspecified atom stereocenters. The molecule has 0 fully saturated rings. The van der Waals surface area contributed by atoms with Crippen LogP contribution in [0.1, 0.15) is 27.0 Å². The molecular weight excluding hydrogens is 465 g/mol. The van der Waals surface area contributed by atoms with Crippen molar-refractivity contribution in [1.29, 1.82) is 0 Å². The summed E-state index contributed by atoms with van der Waals surface area (Å²) in [5.41, 5.74) is 0.212. The van der Waals surface area contributed by atoms with Gasteiger partial charge in [-0.1, -0.05) is 35.9 Å². The summed E-state index contributed by atoms with van der Waals surface area (Å²) in [7, 11) is -3.95. The molecule has 0 aliphatic rings. The smallest absolute Gasteiger partial charge is 0.322 e. The van der Waals surface area contributed by atoms with Crippen LogP contribution in [0.4, 0.5) is 18.9 Å². The monoisotopic (exact) mass is 482 g/mol. The van der Waals surface area contributed by atoms with Gasteiger partial charge in [-0.3, -0.25) is 4.79 Å². The summed E-state index contributed by atoms with van der Waals surface area (Å²) in [6.07, 6.45) is -4.56. The first-order valence-corrected chi connectivity index (χ1v) is 11.2. The zero-order valence-corrected chi connectivity index (χ0v) is 18.3. The Kier molecular flexibility index (Phi) is 6.92. The molecule has 0 aliphatic heterocycles. The summed E-state index contributed by atoms with van der Waals surface area (Å²) in [5, 5.41) is 2.91. The second-order valence-corrected chi connectivity index (χ2v) is 9.16. The van der Waals surface area contributed by atoms with E-state index in [-0.39, 0.29) is 22.7 Å². The van der Waals surface area contributed by atoms with Crippen LogP contribution < -0.4 is 10.0 Å². The van der Waals surface area contributed by atoms with E-state index < -0.39 is 27.7 Å². The molecule has 0 aromatic heterocycles. The van der Waals surface area contributed by atoms with E-state index in [9.17, 15) is 26.4 Å². The maximum atomic E-state index is 12.9. The lowest BCUT2D eigenvalue weighted by atomic mass is 10.1. The third kappa shape index (κ3) is 5.87. The minimum absolute atomic E-state index is 0.0130. The van der Waals surface area contributed by atoms with Crippen LogP contribution in [-0.2, 0) is 22.7 Å². The summed E-state index contributed by atoms with van der Waals surface area (Å²) in [5.74, 6) is -0.725. The number of benzene rings is 3. The number of hydrogen-bond acceptors (Lipinski definition) is 3. The van der Waals surface area contributed by atoms with E-state index in [1.54, 1.807) is 31.2 Å². The SMILES string of the molecule is Cc1ccc(S(=O)(=O)NCc2ccc(Cl)cc2)cc1C(=O)Nc1cccc(C(F)(F)F)c1. The summed E-state index contributed by atoms with van der Waals surface area (Å²) in [6, 6.07) is 14.8. The van der Waals surface area contributed by atoms with Gasteiger partial charge in [-0.15, -0.1) is 0 Å². The first-order chi connectivity index (χ1) is 15.0. The number of amides is 1. The molecule has 3 aromatic carbocycles. The van der Waals surface area contributed by atoms with E-state index in [4.69, 9.17) is 11.6 Å². The molecule has 0 heterocycles. The Bertz CT molecular complexity index is 1240. The van der Waals surface area contributed by atoms with Crippen LogP contribution in [0, 0.1) is 6.92 Å². The number of hydrogen-bond donors (Lipinski definition) is 2. The minimum atomic E-state index is -4.56. The second-order valence-electron chi connectivity index (χ2n) is 6.96. The average Bonchev–Trinajstić information content (AvgIpc) is 2.73. The van der Waals surface area contributed by atoms with Gasteiger partial charge in [0.15, 0.2) is 0 Å². The van der Waals surface area contributed by atoms with Gasteiger partial charge in [0, 0.05) is 22.8 Å². The summed E-state index contributed by atoms with van der Waals surface area (Å²) >= 11 is 5.82. The third-order valence-electron chi connectivity index (χ3n) is 4.59. The standard InChI is InChI=1S/C22H18ClF3N2O3S/c1-14-5-10-19(32(30,31)27-13-15-6-8-17(23)9-7-15)12-20(14)21(29)28-18-4-2-3-16(11-18)22(24,25)26/h2-12,27H,13H2,1H3,(H,28,29). The van der Waals surface area contributed by atoms with Gasteiger partial charge in [-0.05, 0) is 60.5 Å². The number of alkyl halides is 3. The first-order valence-electron chi connectivity index (χ1n) is 9.29. The van der Waals surface area contributed by atoms with E-state index in [0.717, 1.165) is 12.1 Å². The molecule has 3 rings (SSSR count). The normalized spacial score (nSPS) is 11.9. The lowest BCUT2D eigenvalue weighted by Gasteiger charge is -2.13. The van der Waals surface area contributed by atoms with Crippen molar-refractivity contribution < 1.29 is 26.4 Å². The Morgan fingerprint density at radius 1 is 1.00 bits per heavy atom. The predicted molar refractivity (Wildman–Crippen MR) is 116 cm³/mol. The van der Waals surface area contributed by atoms with Gasteiger partial charge in [-0.2, -0.15) is 13.2 Å². The maximum Gasteiger partial charge on any atom is 0.416 e. The first kappa shape index (κ1) is 23.8. The molecule has 10 heteroatoms. The quantitative estimate of drug-likeness (QED) is 0.494. The van der Waals surface area contributed by atoms with Gasteiger partial charge in [0.1, 0.15) is 0 Å². The summed E-state index contributed by atoms with van der Waals surface area (Å²) in [4.78, 5) is 12.5. The molecule has 0 saturated carbocycles. The van der Waals surface area contributed by atoms with E-state index in [1.807, 2.05) is 0 Å². The predicted octanol–water partition coefficient (Wildman–Crippen LogP) is 5.40. The molecule has 32 heavy (non-hydrogen) atoms. The molecule has 0 saturated heterocycles. The number of halogens is 4. The molecule has 0 spiro atoms. The number of nitrogens with one attached hydrogen (secondary N) is 2.